The van der Waals surface area contributed by atoms with Crippen LogP contribution in [0.15, 0.2) is 72.3 Å². The topological polar surface area (TPSA) is 84.9 Å². The number of hydrogen-bond donors (Lipinski definition) is 1. The minimum absolute atomic E-state index is 0.241. The van der Waals surface area contributed by atoms with Crippen molar-refractivity contribution >= 4 is 52.8 Å². The van der Waals surface area contributed by atoms with E-state index in [0.29, 0.717) is 35.3 Å². The fourth-order valence-electron chi connectivity index (χ4n) is 3.52. The number of imide groups is 2. The van der Waals surface area contributed by atoms with E-state index in [1.807, 2.05) is 37.3 Å². The summed E-state index contributed by atoms with van der Waals surface area (Å²) in [6.07, 6.45) is 2.04. The molecule has 0 aromatic heterocycles. The van der Waals surface area contributed by atoms with E-state index in [1.165, 1.54) is 18.2 Å². The Kier molecular flexibility index (Phi) is 7.93. The molecule has 7 nitrogen and oxygen atoms in total. The molecule has 0 aliphatic carbocycles. The van der Waals surface area contributed by atoms with Gasteiger partial charge in [-0.15, -0.1) is 0 Å². The molecule has 9 heteroatoms. The molecule has 4 rings (SSSR count). The number of hydrogen-bond acceptors (Lipinski definition) is 5. The fraction of sp³-hybridized carbons (Fsp3) is 0.148. The van der Waals surface area contributed by atoms with Crippen LogP contribution in [0.3, 0.4) is 0 Å². The van der Waals surface area contributed by atoms with Crippen LogP contribution < -0.4 is 19.7 Å². The van der Waals surface area contributed by atoms with Crippen LogP contribution in [-0.2, 0) is 16.2 Å². The molecule has 4 amide bonds. The number of carbonyl (C=O) groups is 3. The number of barbiturate groups is 1. The first-order valence-corrected chi connectivity index (χ1v) is 11.9. The van der Waals surface area contributed by atoms with Crippen LogP contribution in [0.25, 0.3) is 6.08 Å². The third-order valence-corrected chi connectivity index (χ3v) is 5.73. The van der Waals surface area contributed by atoms with Gasteiger partial charge >= 0.3 is 6.03 Å². The van der Waals surface area contributed by atoms with Crippen molar-refractivity contribution in [3.8, 4) is 11.5 Å². The maximum absolute atomic E-state index is 13.3. The summed E-state index contributed by atoms with van der Waals surface area (Å²) in [6, 6.07) is 18.3. The van der Waals surface area contributed by atoms with Gasteiger partial charge in [-0.3, -0.25) is 14.9 Å². The Balaban J connectivity index is 1.59. The number of ether oxygens (including phenoxy) is 2. The number of halogens is 2. The van der Waals surface area contributed by atoms with E-state index >= 15 is 0 Å². The van der Waals surface area contributed by atoms with Crippen LogP contribution in [0.2, 0.25) is 10.0 Å². The van der Waals surface area contributed by atoms with Gasteiger partial charge in [0, 0.05) is 10.6 Å². The van der Waals surface area contributed by atoms with E-state index in [4.69, 9.17) is 32.7 Å². The van der Waals surface area contributed by atoms with E-state index in [9.17, 15) is 14.4 Å². The molecule has 0 unspecified atom stereocenters. The molecular weight excluding hydrogens is 503 g/mol. The molecule has 0 atom stereocenters. The molecule has 36 heavy (non-hydrogen) atoms. The predicted molar refractivity (Wildman–Crippen MR) is 138 cm³/mol. The molecule has 1 aliphatic rings. The number of nitrogens with one attached hydrogen (secondary N) is 1. The molecule has 1 heterocycles. The normalized spacial score (nSPS) is 14.7. The van der Waals surface area contributed by atoms with Crippen LogP contribution in [-0.4, -0.2) is 24.5 Å². The summed E-state index contributed by atoms with van der Waals surface area (Å²) in [5.74, 6) is -0.772. The van der Waals surface area contributed by atoms with Crippen LogP contribution in [0, 0.1) is 0 Å². The summed E-state index contributed by atoms with van der Waals surface area (Å²) < 4.78 is 11.5. The molecule has 3 aromatic rings. The van der Waals surface area contributed by atoms with Gasteiger partial charge in [-0.2, -0.15) is 0 Å². The molecule has 1 N–H and O–H groups in total. The zero-order valence-electron chi connectivity index (χ0n) is 19.3. The van der Waals surface area contributed by atoms with Gasteiger partial charge in [0.1, 0.15) is 23.7 Å². The van der Waals surface area contributed by atoms with Crippen molar-refractivity contribution in [3.63, 3.8) is 0 Å². The number of nitrogens with zero attached hydrogens (tertiary/aromatic N) is 1. The van der Waals surface area contributed by atoms with E-state index in [2.05, 4.69) is 5.32 Å². The number of anilines is 1. The van der Waals surface area contributed by atoms with Gasteiger partial charge < -0.3 is 9.47 Å². The van der Waals surface area contributed by atoms with Crippen LogP contribution in [0.1, 0.15) is 24.5 Å². The number of rotatable bonds is 8. The summed E-state index contributed by atoms with van der Waals surface area (Å²) in [6.45, 7) is 2.68. The number of amides is 4. The highest BCUT2D eigenvalue weighted by atomic mass is 35.5. The summed E-state index contributed by atoms with van der Waals surface area (Å²) in [4.78, 5) is 39.3. The first-order chi connectivity index (χ1) is 17.4. The molecule has 0 bridgehead atoms. The quantitative estimate of drug-likeness (QED) is 0.287. The molecule has 1 saturated heterocycles. The lowest BCUT2D eigenvalue weighted by Gasteiger charge is -2.26. The highest BCUT2D eigenvalue weighted by molar-refractivity contribution is 6.40. The summed E-state index contributed by atoms with van der Waals surface area (Å²) >= 11 is 12.4. The summed E-state index contributed by atoms with van der Waals surface area (Å²) in [5, 5.41) is 2.75. The van der Waals surface area contributed by atoms with E-state index in [0.717, 1.165) is 16.9 Å². The monoisotopic (exact) mass is 524 g/mol. The van der Waals surface area contributed by atoms with E-state index in [1.54, 1.807) is 24.3 Å². The third-order valence-electron chi connectivity index (χ3n) is 5.23. The lowest BCUT2D eigenvalue weighted by atomic mass is 10.1. The van der Waals surface area contributed by atoms with Crippen LogP contribution in [0.5, 0.6) is 11.5 Å². The second-order valence-electron chi connectivity index (χ2n) is 7.88. The van der Waals surface area contributed by atoms with Crippen LogP contribution in [0.4, 0.5) is 10.5 Å². The molecule has 0 radical (unpaired) electrons. The van der Waals surface area contributed by atoms with Gasteiger partial charge in [0.2, 0.25) is 0 Å². The first kappa shape index (κ1) is 25.3. The Morgan fingerprint density at radius 2 is 1.67 bits per heavy atom. The smallest absolute Gasteiger partial charge is 0.335 e. The second-order valence-corrected chi connectivity index (χ2v) is 8.72. The molecule has 0 saturated carbocycles. The molecule has 184 valence electrons. The van der Waals surface area contributed by atoms with Crippen LogP contribution >= 0.6 is 23.2 Å². The molecule has 3 aromatic carbocycles. The highest BCUT2D eigenvalue weighted by Crippen LogP contribution is 2.35. The van der Waals surface area contributed by atoms with E-state index < -0.39 is 17.8 Å². The maximum atomic E-state index is 13.3. The van der Waals surface area contributed by atoms with Crippen molar-refractivity contribution in [2.75, 3.05) is 11.5 Å². The van der Waals surface area contributed by atoms with Gasteiger partial charge in [0.15, 0.2) is 0 Å². The van der Waals surface area contributed by atoms with Crippen molar-refractivity contribution < 1.29 is 23.9 Å². The Morgan fingerprint density at radius 1 is 0.944 bits per heavy atom. The first-order valence-electron chi connectivity index (χ1n) is 11.2. The number of benzene rings is 3. The van der Waals surface area contributed by atoms with Crippen molar-refractivity contribution in [1.29, 1.82) is 0 Å². The number of urea groups is 1. The van der Waals surface area contributed by atoms with Crippen molar-refractivity contribution in [2.45, 2.75) is 20.0 Å². The molecule has 0 spiro atoms. The van der Waals surface area contributed by atoms with Gasteiger partial charge in [0.25, 0.3) is 11.8 Å². The van der Waals surface area contributed by atoms with Gasteiger partial charge in [-0.25, -0.2) is 9.69 Å². The average Bonchev–Trinajstić information content (AvgIpc) is 2.86. The molecular formula is C27H22Cl2N2O5. The van der Waals surface area contributed by atoms with E-state index in [-0.39, 0.29) is 16.3 Å². The third kappa shape index (κ3) is 5.70. The molecule has 1 fully saturated rings. The fourth-order valence-corrected chi connectivity index (χ4v) is 4.09. The highest BCUT2D eigenvalue weighted by Gasteiger charge is 2.37. The average molecular weight is 525 g/mol. The maximum Gasteiger partial charge on any atom is 0.335 e. The zero-order chi connectivity index (χ0) is 25.7. The van der Waals surface area contributed by atoms with Gasteiger partial charge in [0.05, 0.1) is 17.3 Å². The zero-order valence-corrected chi connectivity index (χ0v) is 20.8. The molecule has 1 aliphatic heterocycles. The Hall–Kier alpha value is -3.81. The Bertz CT molecular complexity index is 1320. The second kappa shape index (κ2) is 11.3. The van der Waals surface area contributed by atoms with Gasteiger partial charge in [-0.1, -0.05) is 60.5 Å². The predicted octanol–water partition coefficient (Wildman–Crippen LogP) is 6.03. The lowest BCUT2D eigenvalue weighted by molar-refractivity contribution is -0.122. The largest absolute Gasteiger partial charge is 0.491 e. The summed E-state index contributed by atoms with van der Waals surface area (Å²) in [7, 11) is 0. The van der Waals surface area contributed by atoms with Crippen molar-refractivity contribution in [2.24, 2.45) is 0 Å². The standard InChI is InChI=1S/C27H22Cl2N2O5/c1-2-12-35-24-18(13-19(28)15-23(24)29)14-22-25(32)30-27(34)31(26(22)33)20-8-10-21(11-9-20)36-16-17-6-4-3-5-7-17/h3-11,13-15H,2,12,16H2,1H3,(H,30,32,34)/b22-14+. The minimum atomic E-state index is -0.855. The van der Waals surface area contributed by atoms with Gasteiger partial charge in [-0.05, 0) is 54.5 Å². The van der Waals surface area contributed by atoms with Crippen molar-refractivity contribution in [1.82, 2.24) is 5.32 Å². The number of carbonyl (C=O) groups excluding carboxylic acids is 3. The van der Waals surface area contributed by atoms with Crippen molar-refractivity contribution in [3.05, 3.63) is 93.5 Å². The SMILES string of the molecule is CCCOc1c(Cl)cc(Cl)cc1/C=C1\C(=O)NC(=O)N(c2ccc(OCc3ccccc3)cc2)C1=O. The Morgan fingerprint density at radius 3 is 2.36 bits per heavy atom. The summed E-state index contributed by atoms with van der Waals surface area (Å²) in [5.41, 5.74) is 1.36. The Labute approximate surface area is 218 Å². The lowest BCUT2D eigenvalue weighted by Crippen LogP contribution is -2.54. The minimum Gasteiger partial charge on any atom is -0.491 e.